The Morgan fingerprint density at radius 1 is 1.23 bits per heavy atom. The zero-order valence-corrected chi connectivity index (χ0v) is 18.4. The number of hydrogen-bond donors (Lipinski definition) is 1. The molecule has 2 rings (SSSR count). The molecule has 0 atom stereocenters. The highest BCUT2D eigenvalue weighted by Crippen LogP contribution is 2.32. The third kappa shape index (κ3) is 6.87. The largest absolute Gasteiger partial charge is 0.489 e. The highest BCUT2D eigenvalue weighted by molar-refractivity contribution is 5.85. The first-order valence-corrected chi connectivity index (χ1v) is 9.55. The molecule has 1 fully saturated rings. The average Bonchev–Trinajstić information content (AvgIpc) is 2.69. The van der Waals surface area contributed by atoms with E-state index in [1.54, 1.807) is 7.11 Å². The number of carbonyl (C=O) groups is 1. The summed E-state index contributed by atoms with van der Waals surface area (Å²) in [5.41, 5.74) is -0.709. The predicted molar refractivity (Wildman–Crippen MR) is 113 cm³/mol. The van der Waals surface area contributed by atoms with E-state index in [-0.39, 0.29) is 43.0 Å². The molecule has 0 aliphatic heterocycles. The summed E-state index contributed by atoms with van der Waals surface area (Å²) in [5, 5.41) is 3.03. The van der Waals surface area contributed by atoms with E-state index < -0.39 is 17.2 Å². The van der Waals surface area contributed by atoms with E-state index >= 15 is 0 Å². The van der Waals surface area contributed by atoms with Crippen LogP contribution in [0.25, 0.3) is 0 Å². The molecule has 0 heterocycles. The van der Waals surface area contributed by atoms with E-state index in [2.05, 4.69) is 10.3 Å². The third-order valence-electron chi connectivity index (χ3n) is 5.01. The number of nitrogens with zero attached hydrogens (tertiary/aromatic N) is 2. The minimum Gasteiger partial charge on any atom is -0.489 e. The summed E-state index contributed by atoms with van der Waals surface area (Å²) in [5.74, 6) is -2.54. The Bertz CT molecular complexity index is 718. The van der Waals surface area contributed by atoms with E-state index in [4.69, 9.17) is 14.2 Å². The van der Waals surface area contributed by atoms with E-state index in [0.717, 1.165) is 13.0 Å². The molecular weight excluding hydrogens is 420 g/mol. The van der Waals surface area contributed by atoms with E-state index in [9.17, 15) is 13.6 Å². The number of aliphatic imine (C=N–C) groups is 1. The number of likely N-dealkylation sites (N-methyl/N-ethyl adjacent to an activating group) is 1. The molecular formula is C20H30ClF2N3O4. The van der Waals surface area contributed by atoms with Crippen molar-refractivity contribution in [1.29, 1.82) is 0 Å². The van der Waals surface area contributed by atoms with Crippen LogP contribution in [0, 0.1) is 11.6 Å². The van der Waals surface area contributed by atoms with Crippen LogP contribution in [0.2, 0.25) is 0 Å². The van der Waals surface area contributed by atoms with Gasteiger partial charge >= 0.3 is 5.97 Å². The van der Waals surface area contributed by atoms with Gasteiger partial charge in [-0.25, -0.2) is 4.39 Å². The molecule has 170 valence electrons. The van der Waals surface area contributed by atoms with Crippen molar-refractivity contribution in [2.45, 2.75) is 24.8 Å². The molecule has 30 heavy (non-hydrogen) atoms. The molecule has 0 saturated heterocycles. The van der Waals surface area contributed by atoms with Gasteiger partial charge in [0.25, 0.3) is 0 Å². The Kier molecular flexibility index (Phi) is 11.2. The smallest absolute Gasteiger partial charge is 0.326 e. The first-order valence-electron chi connectivity index (χ1n) is 9.55. The van der Waals surface area contributed by atoms with Crippen LogP contribution in [0.15, 0.2) is 17.1 Å². The van der Waals surface area contributed by atoms with Crippen molar-refractivity contribution in [3.8, 4) is 5.75 Å². The second-order valence-electron chi connectivity index (χ2n) is 7.00. The van der Waals surface area contributed by atoms with Crippen molar-refractivity contribution in [3.05, 3.63) is 29.3 Å². The van der Waals surface area contributed by atoms with Crippen molar-refractivity contribution in [2.24, 2.45) is 4.99 Å². The van der Waals surface area contributed by atoms with Gasteiger partial charge < -0.3 is 19.1 Å². The summed E-state index contributed by atoms with van der Waals surface area (Å²) in [4.78, 5) is 17.9. The highest BCUT2D eigenvalue weighted by atomic mass is 35.5. The quantitative estimate of drug-likeness (QED) is 0.390. The van der Waals surface area contributed by atoms with Gasteiger partial charge in [0.15, 0.2) is 11.6 Å². The van der Waals surface area contributed by atoms with Gasteiger partial charge in [0.05, 0.1) is 20.4 Å². The van der Waals surface area contributed by atoms with Gasteiger partial charge in [-0.3, -0.25) is 15.1 Å². The summed E-state index contributed by atoms with van der Waals surface area (Å²) >= 11 is 0. The zero-order valence-electron chi connectivity index (χ0n) is 17.6. The van der Waals surface area contributed by atoms with Crippen molar-refractivity contribution in [3.63, 3.8) is 0 Å². The number of esters is 1. The minimum absolute atomic E-state index is 0. The Hall–Kier alpha value is -1.81. The summed E-state index contributed by atoms with van der Waals surface area (Å²) in [6.45, 7) is 2.19. The second-order valence-corrected chi connectivity index (χ2v) is 7.00. The lowest BCUT2D eigenvalue weighted by Gasteiger charge is -2.39. The van der Waals surface area contributed by atoms with Gasteiger partial charge in [0.2, 0.25) is 5.82 Å². The van der Waals surface area contributed by atoms with Crippen molar-refractivity contribution in [1.82, 2.24) is 10.2 Å². The standard InChI is InChI=1S/C20H29F2N3O4.ClH/c1-25(9-11-27-2)10-12-29-16-6-5-15(17(21)18(16)22)13-23-14-24-20(7-4-8-20)19(26)28-3;/h5-6,13,24H,4,7-12,14H2,1-3H3;1H/b23-13+;. The fraction of sp³-hybridized carbons (Fsp3) is 0.600. The number of methoxy groups -OCH3 is 2. The van der Waals surface area contributed by atoms with Gasteiger partial charge in [-0.1, -0.05) is 0 Å². The monoisotopic (exact) mass is 449 g/mol. The molecule has 0 spiro atoms. The van der Waals surface area contributed by atoms with Gasteiger partial charge in [-0.05, 0) is 38.4 Å². The number of benzene rings is 1. The highest BCUT2D eigenvalue weighted by Gasteiger charge is 2.44. The molecule has 1 aliphatic carbocycles. The van der Waals surface area contributed by atoms with Crippen LogP contribution >= 0.6 is 12.4 Å². The SMILES string of the molecule is COCCN(C)CCOc1ccc(/C=N/CNC2(C(=O)OC)CCC2)c(F)c1F.Cl. The maximum absolute atomic E-state index is 14.3. The van der Waals surface area contributed by atoms with E-state index in [0.29, 0.717) is 26.0 Å². The second kappa shape index (κ2) is 12.8. The average molecular weight is 450 g/mol. The molecule has 0 bridgehead atoms. The van der Waals surface area contributed by atoms with Crippen LogP contribution in [0.5, 0.6) is 5.75 Å². The number of carbonyl (C=O) groups excluding carboxylic acids is 1. The Morgan fingerprint density at radius 3 is 2.53 bits per heavy atom. The Balaban J connectivity index is 0.00000450. The normalized spacial score (nSPS) is 15.0. The lowest BCUT2D eigenvalue weighted by molar-refractivity contribution is -0.152. The third-order valence-corrected chi connectivity index (χ3v) is 5.01. The van der Waals surface area contributed by atoms with Gasteiger partial charge in [0.1, 0.15) is 12.1 Å². The summed E-state index contributed by atoms with van der Waals surface area (Å²) in [6.07, 6.45) is 3.50. The lowest BCUT2D eigenvalue weighted by Crippen LogP contribution is -2.57. The predicted octanol–water partition coefficient (Wildman–Crippen LogP) is 2.41. The first kappa shape index (κ1) is 26.2. The number of ether oxygens (including phenoxy) is 3. The Labute approximate surface area is 182 Å². The molecule has 1 aromatic rings. The maximum Gasteiger partial charge on any atom is 0.326 e. The molecule has 1 saturated carbocycles. The zero-order chi connectivity index (χ0) is 21.3. The summed E-state index contributed by atoms with van der Waals surface area (Å²) < 4.78 is 43.6. The number of hydrogen-bond acceptors (Lipinski definition) is 7. The van der Waals surface area contributed by atoms with E-state index in [1.165, 1.54) is 25.5 Å². The first-order chi connectivity index (χ1) is 13.9. The van der Waals surface area contributed by atoms with Crippen LogP contribution in [0.4, 0.5) is 8.78 Å². The van der Waals surface area contributed by atoms with Crippen LogP contribution in [0.3, 0.4) is 0 Å². The van der Waals surface area contributed by atoms with Crippen molar-refractivity contribution in [2.75, 3.05) is 54.2 Å². The maximum atomic E-state index is 14.3. The van der Waals surface area contributed by atoms with E-state index in [1.807, 2.05) is 11.9 Å². The van der Waals surface area contributed by atoms with Crippen LogP contribution in [-0.2, 0) is 14.3 Å². The molecule has 10 heteroatoms. The summed E-state index contributed by atoms with van der Waals surface area (Å²) in [6, 6.07) is 2.79. The minimum atomic E-state index is -1.05. The Morgan fingerprint density at radius 2 is 1.93 bits per heavy atom. The van der Waals surface area contributed by atoms with Crippen molar-refractivity contribution < 1.29 is 27.8 Å². The molecule has 0 amide bonds. The number of nitrogens with one attached hydrogen (secondary N) is 1. The van der Waals surface area contributed by atoms with Gasteiger partial charge in [0, 0.05) is 32.0 Å². The molecule has 0 aromatic heterocycles. The fourth-order valence-electron chi connectivity index (χ4n) is 2.95. The summed E-state index contributed by atoms with van der Waals surface area (Å²) in [7, 11) is 4.85. The number of halogens is 3. The molecule has 0 unspecified atom stereocenters. The fourth-order valence-corrected chi connectivity index (χ4v) is 2.95. The molecule has 1 aliphatic rings. The molecule has 1 N–H and O–H groups in total. The van der Waals surface area contributed by atoms with Crippen molar-refractivity contribution >= 4 is 24.6 Å². The lowest BCUT2D eigenvalue weighted by atomic mass is 9.77. The molecule has 0 radical (unpaired) electrons. The molecule has 7 nitrogen and oxygen atoms in total. The van der Waals surface area contributed by atoms with Crippen LogP contribution < -0.4 is 10.1 Å². The topological polar surface area (TPSA) is 72.4 Å². The van der Waals surface area contributed by atoms with Gasteiger partial charge in [-0.15, -0.1) is 12.4 Å². The van der Waals surface area contributed by atoms with Crippen LogP contribution in [-0.4, -0.2) is 76.9 Å². The van der Waals surface area contributed by atoms with Gasteiger partial charge in [-0.2, -0.15) is 4.39 Å². The van der Waals surface area contributed by atoms with Crippen LogP contribution in [0.1, 0.15) is 24.8 Å². The number of rotatable bonds is 12. The molecule has 1 aromatic carbocycles.